The van der Waals surface area contributed by atoms with Crippen LogP contribution < -0.4 is 4.74 Å². The summed E-state index contributed by atoms with van der Waals surface area (Å²) in [5.41, 5.74) is 1.86. The van der Waals surface area contributed by atoms with Crippen LogP contribution in [0.4, 0.5) is 0 Å². The summed E-state index contributed by atoms with van der Waals surface area (Å²) in [7, 11) is 1.61. The summed E-state index contributed by atoms with van der Waals surface area (Å²) >= 11 is 7.65. The first-order valence-electron chi connectivity index (χ1n) is 6.38. The third-order valence-corrected chi connectivity index (χ3v) is 4.83. The summed E-state index contributed by atoms with van der Waals surface area (Å²) in [6.07, 6.45) is 0.884. The molecule has 2 aromatic rings. The van der Waals surface area contributed by atoms with Gasteiger partial charge in [0.05, 0.1) is 11.4 Å². The Morgan fingerprint density at radius 3 is 2.80 bits per heavy atom. The van der Waals surface area contributed by atoms with E-state index in [4.69, 9.17) is 16.3 Å². The van der Waals surface area contributed by atoms with Crippen molar-refractivity contribution in [2.75, 3.05) is 13.7 Å². The van der Waals surface area contributed by atoms with Crippen LogP contribution in [-0.4, -0.2) is 24.5 Å². The highest BCUT2D eigenvalue weighted by atomic mass is 35.5. The standard InChI is InChI=1S/C15H14ClNO2S/c1-19-12-4-2-10(3-5-12)15(18)17-7-6-13-11(9-17)8-14(16)20-13/h2-5,8H,6-7,9H2,1H3. The van der Waals surface area contributed by atoms with Crippen molar-refractivity contribution >= 4 is 28.8 Å². The van der Waals surface area contributed by atoms with E-state index in [0.29, 0.717) is 12.1 Å². The van der Waals surface area contributed by atoms with E-state index >= 15 is 0 Å². The summed E-state index contributed by atoms with van der Waals surface area (Å²) in [6, 6.07) is 9.19. The van der Waals surface area contributed by atoms with Crippen LogP contribution in [-0.2, 0) is 13.0 Å². The smallest absolute Gasteiger partial charge is 0.254 e. The summed E-state index contributed by atoms with van der Waals surface area (Å²) in [6.45, 7) is 1.39. The van der Waals surface area contributed by atoms with Crippen molar-refractivity contribution in [2.24, 2.45) is 0 Å². The fourth-order valence-electron chi connectivity index (χ4n) is 2.39. The molecule has 0 bridgehead atoms. The third-order valence-electron chi connectivity index (χ3n) is 3.46. The molecule has 0 aliphatic carbocycles. The summed E-state index contributed by atoms with van der Waals surface area (Å²) in [5, 5.41) is 0. The van der Waals surface area contributed by atoms with Crippen LogP contribution >= 0.6 is 22.9 Å². The lowest BCUT2D eigenvalue weighted by molar-refractivity contribution is 0.0736. The molecule has 1 aliphatic rings. The maximum Gasteiger partial charge on any atom is 0.254 e. The average Bonchev–Trinajstić information content (AvgIpc) is 2.85. The number of thiophene rings is 1. The summed E-state index contributed by atoms with van der Waals surface area (Å²) < 4.78 is 5.91. The number of hydrogen-bond donors (Lipinski definition) is 0. The Labute approximate surface area is 126 Å². The van der Waals surface area contributed by atoms with Gasteiger partial charge in [0.1, 0.15) is 5.75 Å². The number of benzene rings is 1. The van der Waals surface area contributed by atoms with Crippen molar-refractivity contribution in [1.29, 1.82) is 0 Å². The Hall–Kier alpha value is -1.52. The molecule has 1 aromatic heterocycles. The lowest BCUT2D eigenvalue weighted by atomic mass is 10.1. The van der Waals surface area contributed by atoms with Crippen molar-refractivity contribution in [3.05, 3.63) is 50.7 Å². The minimum atomic E-state index is 0.0561. The molecule has 1 amide bonds. The van der Waals surface area contributed by atoms with Crippen LogP contribution in [0, 0.1) is 0 Å². The van der Waals surface area contributed by atoms with Crippen LogP contribution in [0.25, 0.3) is 0 Å². The number of ether oxygens (including phenoxy) is 1. The third kappa shape index (κ3) is 2.53. The molecule has 3 rings (SSSR count). The van der Waals surface area contributed by atoms with Gasteiger partial charge in [-0.15, -0.1) is 11.3 Å². The molecule has 0 fully saturated rings. The molecule has 0 atom stereocenters. The van der Waals surface area contributed by atoms with E-state index in [1.54, 1.807) is 30.6 Å². The molecule has 20 heavy (non-hydrogen) atoms. The molecule has 2 heterocycles. The fraction of sp³-hybridized carbons (Fsp3) is 0.267. The average molecular weight is 308 g/mol. The first kappa shape index (κ1) is 13.5. The van der Waals surface area contributed by atoms with E-state index in [-0.39, 0.29) is 5.91 Å². The van der Waals surface area contributed by atoms with Gasteiger partial charge in [-0.2, -0.15) is 0 Å². The molecule has 104 valence electrons. The van der Waals surface area contributed by atoms with Gasteiger partial charge in [-0.1, -0.05) is 11.6 Å². The Balaban J connectivity index is 1.78. The zero-order chi connectivity index (χ0) is 14.1. The van der Waals surface area contributed by atoms with E-state index in [2.05, 4.69) is 0 Å². The number of nitrogens with zero attached hydrogens (tertiary/aromatic N) is 1. The molecule has 3 nitrogen and oxygen atoms in total. The molecule has 1 aromatic carbocycles. The molecule has 0 unspecified atom stereocenters. The van der Waals surface area contributed by atoms with Crippen molar-refractivity contribution in [3.8, 4) is 5.75 Å². The van der Waals surface area contributed by atoms with E-state index in [9.17, 15) is 4.79 Å². The van der Waals surface area contributed by atoms with E-state index in [1.165, 1.54) is 10.4 Å². The van der Waals surface area contributed by atoms with Crippen LogP contribution in [0.15, 0.2) is 30.3 Å². The van der Waals surface area contributed by atoms with Gasteiger partial charge in [0.2, 0.25) is 0 Å². The number of rotatable bonds is 2. The van der Waals surface area contributed by atoms with E-state index in [0.717, 1.165) is 23.1 Å². The number of amides is 1. The Morgan fingerprint density at radius 1 is 1.35 bits per heavy atom. The first-order chi connectivity index (χ1) is 9.67. The van der Waals surface area contributed by atoms with Gasteiger partial charge in [0, 0.05) is 23.5 Å². The predicted octanol–water partition coefficient (Wildman–Crippen LogP) is 3.61. The highest BCUT2D eigenvalue weighted by Gasteiger charge is 2.23. The second kappa shape index (κ2) is 5.46. The quantitative estimate of drug-likeness (QED) is 0.848. The summed E-state index contributed by atoms with van der Waals surface area (Å²) in [5.74, 6) is 0.813. The van der Waals surface area contributed by atoms with E-state index < -0.39 is 0 Å². The Kier molecular flexibility index (Phi) is 3.68. The predicted molar refractivity (Wildman–Crippen MR) is 80.8 cm³/mol. The molecule has 0 N–H and O–H groups in total. The Morgan fingerprint density at radius 2 is 2.10 bits per heavy atom. The lowest BCUT2D eigenvalue weighted by Crippen LogP contribution is -2.35. The molecule has 0 saturated heterocycles. The zero-order valence-corrected chi connectivity index (χ0v) is 12.6. The van der Waals surface area contributed by atoms with E-state index in [1.807, 2.05) is 23.1 Å². The second-order valence-corrected chi connectivity index (χ2v) is 6.47. The normalized spacial score (nSPS) is 14.0. The minimum Gasteiger partial charge on any atom is -0.497 e. The lowest BCUT2D eigenvalue weighted by Gasteiger charge is -2.27. The minimum absolute atomic E-state index is 0.0561. The van der Waals surface area contributed by atoms with Gasteiger partial charge in [-0.05, 0) is 42.3 Å². The number of fused-ring (bicyclic) bond motifs is 1. The number of carbonyl (C=O) groups excluding carboxylic acids is 1. The molecule has 1 aliphatic heterocycles. The number of carbonyl (C=O) groups is 1. The van der Waals surface area contributed by atoms with Gasteiger partial charge in [0.15, 0.2) is 0 Å². The van der Waals surface area contributed by atoms with Crippen LogP contribution in [0.5, 0.6) is 5.75 Å². The second-order valence-electron chi connectivity index (χ2n) is 4.70. The maximum atomic E-state index is 12.5. The van der Waals surface area contributed by atoms with Crippen molar-refractivity contribution in [1.82, 2.24) is 4.90 Å². The zero-order valence-electron chi connectivity index (χ0n) is 11.1. The first-order valence-corrected chi connectivity index (χ1v) is 7.57. The van der Waals surface area contributed by atoms with Gasteiger partial charge in [0.25, 0.3) is 5.91 Å². The largest absolute Gasteiger partial charge is 0.497 e. The number of halogens is 1. The highest BCUT2D eigenvalue weighted by molar-refractivity contribution is 7.16. The topological polar surface area (TPSA) is 29.5 Å². The molecule has 5 heteroatoms. The number of methoxy groups -OCH3 is 1. The molecule has 0 saturated carbocycles. The maximum absolute atomic E-state index is 12.5. The van der Waals surface area contributed by atoms with Gasteiger partial charge in [-0.3, -0.25) is 4.79 Å². The highest BCUT2D eigenvalue weighted by Crippen LogP contribution is 2.31. The van der Waals surface area contributed by atoms with Gasteiger partial charge in [-0.25, -0.2) is 0 Å². The monoisotopic (exact) mass is 307 g/mol. The molecule has 0 spiro atoms. The molecule has 0 radical (unpaired) electrons. The van der Waals surface area contributed by atoms with Crippen LogP contribution in [0.3, 0.4) is 0 Å². The van der Waals surface area contributed by atoms with Crippen LogP contribution in [0.1, 0.15) is 20.8 Å². The Bertz CT molecular complexity index is 636. The van der Waals surface area contributed by atoms with Gasteiger partial charge >= 0.3 is 0 Å². The van der Waals surface area contributed by atoms with Crippen molar-refractivity contribution in [3.63, 3.8) is 0 Å². The van der Waals surface area contributed by atoms with Crippen molar-refractivity contribution < 1.29 is 9.53 Å². The fourth-order valence-corrected chi connectivity index (χ4v) is 3.68. The SMILES string of the molecule is COc1ccc(C(=O)N2CCc3sc(Cl)cc3C2)cc1. The van der Waals surface area contributed by atoms with Crippen LogP contribution in [0.2, 0.25) is 4.34 Å². The van der Waals surface area contributed by atoms with Gasteiger partial charge < -0.3 is 9.64 Å². The molecular formula is C15H14ClNO2S. The summed E-state index contributed by atoms with van der Waals surface area (Å²) in [4.78, 5) is 15.6. The van der Waals surface area contributed by atoms with Crippen molar-refractivity contribution in [2.45, 2.75) is 13.0 Å². The molecular weight excluding hydrogens is 294 g/mol. The number of hydrogen-bond acceptors (Lipinski definition) is 3.